The summed E-state index contributed by atoms with van der Waals surface area (Å²) in [6.45, 7) is 3.35. The first-order chi connectivity index (χ1) is 9.94. The van der Waals surface area contributed by atoms with Crippen LogP contribution in [-0.4, -0.2) is 36.8 Å². The molecule has 1 heterocycles. The van der Waals surface area contributed by atoms with Gasteiger partial charge in [-0.2, -0.15) is 13.2 Å². The van der Waals surface area contributed by atoms with Gasteiger partial charge < -0.3 is 5.32 Å². The average Bonchev–Trinajstić information content (AvgIpc) is 2.39. The number of halogens is 3. The molecule has 5 heteroatoms. The highest BCUT2D eigenvalue weighted by molar-refractivity contribution is 5.22. The predicted octanol–water partition coefficient (Wildman–Crippen LogP) is 3.50. The topological polar surface area (TPSA) is 15.3 Å². The van der Waals surface area contributed by atoms with Crippen molar-refractivity contribution >= 4 is 0 Å². The molecule has 1 unspecified atom stereocenters. The minimum Gasteiger partial charge on any atom is -0.307 e. The van der Waals surface area contributed by atoms with E-state index in [0.717, 1.165) is 32.4 Å². The van der Waals surface area contributed by atoms with Crippen LogP contribution in [0.4, 0.5) is 13.2 Å². The van der Waals surface area contributed by atoms with Gasteiger partial charge in [-0.25, -0.2) is 0 Å². The zero-order chi connectivity index (χ0) is 15.3. The van der Waals surface area contributed by atoms with Gasteiger partial charge in [-0.1, -0.05) is 36.2 Å². The Morgan fingerprint density at radius 1 is 1.29 bits per heavy atom. The van der Waals surface area contributed by atoms with E-state index < -0.39 is 12.7 Å². The van der Waals surface area contributed by atoms with Gasteiger partial charge in [0.25, 0.3) is 0 Å². The second-order valence-electron chi connectivity index (χ2n) is 5.86. The minimum absolute atomic E-state index is 0.196. The van der Waals surface area contributed by atoms with Crippen molar-refractivity contribution in [3.63, 3.8) is 0 Å². The number of nitrogens with zero attached hydrogens (tertiary/aromatic N) is 1. The van der Waals surface area contributed by atoms with Crippen LogP contribution in [0.2, 0.25) is 0 Å². The van der Waals surface area contributed by atoms with E-state index in [2.05, 4.69) is 35.3 Å². The molecule has 0 aromatic heterocycles. The SMILES string of the molecule is Cc1cccc(CN2CCCCC2CNCC(F)(F)F)c1. The quantitative estimate of drug-likeness (QED) is 0.895. The van der Waals surface area contributed by atoms with Crippen LogP contribution in [0.1, 0.15) is 30.4 Å². The Kier molecular flexibility index (Phi) is 5.65. The van der Waals surface area contributed by atoms with Crippen molar-refractivity contribution in [2.75, 3.05) is 19.6 Å². The molecule has 2 nitrogen and oxygen atoms in total. The van der Waals surface area contributed by atoms with E-state index >= 15 is 0 Å². The van der Waals surface area contributed by atoms with Crippen LogP contribution in [0.3, 0.4) is 0 Å². The summed E-state index contributed by atoms with van der Waals surface area (Å²) >= 11 is 0. The third-order valence-corrected chi connectivity index (χ3v) is 3.92. The maximum absolute atomic E-state index is 12.2. The summed E-state index contributed by atoms with van der Waals surface area (Å²) in [5, 5.41) is 2.56. The number of hydrogen-bond donors (Lipinski definition) is 1. The molecule has 0 amide bonds. The van der Waals surface area contributed by atoms with Crippen molar-refractivity contribution in [1.29, 1.82) is 0 Å². The monoisotopic (exact) mass is 300 g/mol. The van der Waals surface area contributed by atoms with Crippen LogP contribution in [0.25, 0.3) is 0 Å². The largest absolute Gasteiger partial charge is 0.401 e. The van der Waals surface area contributed by atoms with Crippen molar-refractivity contribution in [3.8, 4) is 0 Å². The van der Waals surface area contributed by atoms with Crippen LogP contribution in [0.15, 0.2) is 24.3 Å². The average molecular weight is 300 g/mol. The normalized spacial score (nSPS) is 20.7. The van der Waals surface area contributed by atoms with Gasteiger partial charge in [0.2, 0.25) is 0 Å². The van der Waals surface area contributed by atoms with Gasteiger partial charge in [0.15, 0.2) is 0 Å². The first-order valence-electron chi connectivity index (χ1n) is 7.51. The van der Waals surface area contributed by atoms with Crippen LogP contribution >= 0.6 is 0 Å². The van der Waals surface area contributed by atoms with Gasteiger partial charge in [0.05, 0.1) is 6.54 Å². The Bertz CT molecular complexity index is 445. The molecule has 118 valence electrons. The van der Waals surface area contributed by atoms with Crippen molar-refractivity contribution in [2.45, 2.75) is 44.9 Å². The fourth-order valence-corrected chi connectivity index (χ4v) is 2.92. The first-order valence-corrected chi connectivity index (χ1v) is 7.51. The molecule has 1 aliphatic rings. The molecule has 1 atom stereocenters. The van der Waals surface area contributed by atoms with Crippen molar-refractivity contribution in [3.05, 3.63) is 35.4 Å². The second kappa shape index (κ2) is 7.27. The van der Waals surface area contributed by atoms with Crippen LogP contribution in [0, 0.1) is 6.92 Å². The maximum atomic E-state index is 12.2. The van der Waals surface area contributed by atoms with E-state index in [9.17, 15) is 13.2 Å². The molecule has 1 aromatic carbocycles. The Hall–Kier alpha value is -1.07. The summed E-state index contributed by atoms with van der Waals surface area (Å²) in [4.78, 5) is 2.31. The van der Waals surface area contributed by atoms with Gasteiger partial charge in [-0.15, -0.1) is 0 Å². The standard InChI is InChI=1S/C16H23F3N2/c1-13-5-4-6-14(9-13)11-21-8-3-2-7-15(21)10-20-12-16(17,18)19/h4-6,9,15,20H,2-3,7-8,10-12H2,1H3. The second-order valence-corrected chi connectivity index (χ2v) is 5.86. The number of aryl methyl sites for hydroxylation is 1. The fraction of sp³-hybridized carbons (Fsp3) is 0.625. The van der Waals surface area contributed by atoms with E-state index in [1.54, 1.807) is 0 Å². The summed E-state index contributed by atoms with van der Waals surface area (Å²) in [6.07, 6.45) is -0.934. The number of rotatable bonds is 5. The number of likely N-dealkylation sites (tertiary alicyclic amines) is 1. The number of piperidine rings is 1. The van der Waals surface area contributed by atoms with Gasteiger partial charge in [0.1, 0.15) is 0 Å². The third-order valence-electron chi connectivity index (χ3n) is 3.92. The zero-order valence-electron chi connectivity index (χ0n) is 12.4. The molecule has 0 spiro atoms. The molecule has 0 bridgehead atoms. The molecule has 1 aromatic rings. The summed E-state index contributed by atoms with van der Waals surface area (Å²) in [6, 6.07) is 8.52. The summed E-state index contributed by atoms with van der Waals surface area (Å²) < 4.78 is 36.7. The first kappa shape index (κ1) is 16.3. The molecule has 21 heavy (non-hydrogen) atoms. The molecule has 2 rings (SSSR count). The minimum atomic E-state index is -4.13. The van der Waals surface area contributed by atoms with E-state index in [-0.39, 0.29) is 6.04 Å². The Morgan fingerprint density at radius 2 is 2.10 bits per heavy atom. The lowest BCUT2D eigenvalue weighted by Crippen LogP contribution is -2.46. The fourth-order valence-electron chi connectivity index (χ4n) is 2.92. The lowest BCUT2D eigenvalue weighted by atomic mass is 10.0. The Morgan fingerprint density at radius 3 is 2.81 bits per heavy atom. The van der Waals surface area contributed by atoms with Crippen LogP contribution in [-0.2, 0) is 6.54 Å². The third kappa shape index (κ3) is 5.67. The lowest BCUT2D eigenvalue weighted by Gasteiger charge is -2.36. The maximum Gasteiger partial charge on any atom is 0.401 e. The molecule has 0 radical (unpaired) electrons. The van der Waals surface area contributed by atoms with Crippen molar-refractivity contribution < 1.29 is 13.2 Å². The highest BCUT2D eigenvalue weighted by Gasteiger charge is 2.28. The zero-order valence-corrected chi connectivity index (χ0v) is 12.4. The van der Waals surface area contributed by atoms with E-state index in [4.69, 9.17) is 0 Å². The van der Waals surface area contributed by atoms with Gasteiger partial charge >= 0.3 is 6.18 Å². The van der Waals surface area contributed by atoms with E-state index in [0.29, 0.717) is 6.54 Å². The van der Waals surface area contributed by atoms with E-state index in [1.807, 2.05) is 6.07 Å². The number of benzene rings is 1. The molecule has 1 N–H and O–H groups in total. The number of alkyl halides is 3. The lowest BCUT2D eigenvalue weighted by molar-refractivity contribution is -0.125. The van der Waals surface area contributed by atoms with Crippen molar-refractivity contribution in [1.82, 2.24) is 10.2 Å². The molecular weight excluding hydrogens is 277 g/mol. The smallest absolute Gasteiger partial charge is 0.307 e. The predicted molar refractivity (Wildman–Crippen MR) is 78.2 cm³/mol. The summed E-state index contributed by atoms with van der Waals surface area (Å²) in [5.74, 6) is 0. The highest BCUT2D eigenvalue weighted by Crippen LogP contribution is 2.20. The number of hydrogen-bond acceptors (Lipinski definition) is 2. The molecule has 1 saturated heterocycles. The summed E-state index contributed by atoms with van der Waals surface area (Å²) in [7, 11) is 0. The Balaban J connectivity index is 1.89. The summed E-state index contributed by atoms with van der Waals surface area (Å²) in [5.41, 5.74) is 2.45. The molecule has 1 aliphatic heterocycles. The van der Waals surface area contributed by atoms with Crippen molar-refractivity contribution in [2.24, 2.45) is 0 Å². The van der Waals surface area contributed by atoms with Gasteiger partial charge in [-0.3, -0.25) is 4.90 Å². The Labute approximate surface area is 124 Å². The number of nitrogens with one attached hydrogen (secondary N) is 1. The van der Waals surface area contributed by atoms with Crippen LogP contribution < -0.4 is 5.32 Å². The van der Waals surface area contributed by atoms with Gasteiger partial charge in [-0.05, 0) is 31.9 Å². The van der Waals surface area contributed by atoms with E-state index in [1.165, 1.54) is 11.1 Å². The molecule has 0 aliphatic carbocycles. The molecular formula is C16H23F3N2. The molecule has 1 fully saturated rings. The highest BCUT2D eigenvalue weighted by atomic mass is 19.4. The molecule has 0 saturated carbocycles. The van der Waals surface area contributed by atoms with Gasteiger partial charge in [0, 0.05) is 19.1 Å². The van der Waals surface area contributed by atoms with Crippen LogP contribution in [0.5, 0.6) is 0 Å².